The first kappa shape index (κ1) is 26.9. The third-order valence-corrected chi connectivity index (χ3v) is 10.6. The van der Waals surface area contributed by atoms with E-state index >= 15 is 0 Å². The Morgan fingerprint density at radius 1 is 0.370 bits per heavy atom. The number of nitrogens with zero attached hydrogens (tertiary/aromatic N) is 1. The van der Waals surface area contributed by atoms with Gasteiger partial charge < -0.3 is 4.90 Å². The van der Waals surface area contributed by atoms with Crippen molar-refractivity contribution in [3.63, 3.8) is 0 Å². The lowest BCUT2D eigenvalue weighted by atomic mass is 9.84. The number of thiophene rings is 1. The second-order valence-electron chi connectivity index (χ2n) is 12.2. The van der Waals surface area contributed by atoms with E-state index in [0.29, 0.717) is 0 Å². The molecule has 2 heteroatoms. The van der Waals surface area contributed by atoms with Gasteiger partial charge in [-0.15, -0.1) is 11.3 Å². The van der Waals surface area contributed by atoms with Crippen LogP contribution >= 0.6 is 11.3 Å². The Bertz CT molecular complexity index is 2310. The highest BCUT2D eigenvalue weighted by Gasteiger charge is 2.20. The highest BCUT2D eigenvalue weighted by molar-refractivity contribution is 7.21. The molecule has 1 aliphatic carbocycles. The molecule has 9 rings (SSSR count). The zero-order valence-corrected chi connectivity index (χ0v) is 26.2. The molecule has 1 aromatic heterocycles. The zero-order chi connectivity index (χ0) is 30.5. The maximum atomic E-state index is 2.44. The van der Waals surface area contributed by atoms with Crippen LogP contribution in [0.4, 0.5) is 17.1 Å². The lowest BCUT2D eigenvalue weighted by Crippen LogP contribution is -2.12. The van der Waals surface area contributed by atoms with Crippen LogP contribution in [0.25, 0.3) is 42.4 Å². The highest BCUT2D eigenvalue weighted by Crippen LogP contribution is 2.45. The molecule has 0 spiro atoms. The van der Waals surface area contributed by atoms with E-state index in [1.807, 2.05) is 11.3 Å². The van der Waals surface area contributed by atoms with E-state index in [0.717, 1.165) is 12.8 Å². The van der Waals surface area contributed by atoms with Gasteiger partial charge in [0.15, 0.2) is 0 Å². The molecule has 0 unspecified atom stereocenters. The van der Waals surface area contributed by atoms with E-state index < -0.39 is 0 Å². The molecule has 46 heavy (non-hydrogen) atoms. The Kier molecular flexibility index (Phi) is 6.54. The molecule has 1 nitrogen and oxygen atoms in total. The van der Waals surface area contributed by atoms with Crippen LogP contribution in [-0.2, 0) is 12.8 Å². The van der Waals surface area contributed by atoms with E-state index in [1.54, 1.807) is 0 Å². The van der Waals surface area contributed by atoms with Crippen molar-refractivity contribution >= 4 is 49.9 Å². The average molecular weight is 606 g/mol. The summed E-state index contributed by atoms with van der Waals surface area (Å²) in [5.74, 6) is 0. The summed E-state index contributed by atoms with van der Waals surface area (Å²) in [4.78, 5) is 5.04. The molecule has 0 saturated heterocycles. The van der Waals surface area contributed by atoms with Gasteiger partial charge in [-0.05, 0) is 99.5 Å². The maximum absolute atomic E-state index is 2.44. The summed E-state index contributed by atoms with van der Waals surface area (Å²) in [7, 11) is 0. The van der Waals surface area contributed by atoms with Gasteiger partial charge >= 0.3 is 0 Å². The van der Waals surface area contributed by atoms with Crippen LogP contribution in [0.5, 0.6) is 0 Å². The fourth-order valence-electron chi connectivity index (χ4n) is 7.07. The van der Waals surface area contributed by atoms with Gasteiger partial charge in [0.05, 0.1) is 0 Å². The van der Waals surface area contributed by atoms with Crippen molar-refractivity contribution in [3.8, 4) is 20.9 Å². The summed E-state index contributed by atoms with van der Waals surface area (Å²) < 4.78 is 0. The monoisotopic (exact) mass is 605 g/mol. The lowest BCUT2D eigenvalue weighted by molar-refractivity contribution is 1.00. The van der Waals surface area contributed by atoms with Crippen LogP contribution in [0.1, 0.15) is 22.3 Å². The third kappa shape index (κ3) is 4.70. The third-order valence-electron chi connectivity index (χ3n) is 9.32. The predicted octanol–water partition coefficient (Wildman–Crippen LogP) is 12.4. The van der Waals surface area contributed by atoms with E-state index in [2.05, 4.69) is 169 Å². The van der Waals surface area contributed by atoms with Crippen LogP contribution in [0.15, 0.2) is 164 Å². The quantitative estimate of drug-likeness (QED) is 0.189. The second kappa shape index (κ2) is 11.2. The molecular weight excluding hydrogens is 575 g/mol. The molecule has 7 aromatic carbocycles. The summed E-state index contributed by atoms with van der Waals surface area (Å²) in [6.45, 7) is 0. The van der Waals surface area contributed by atoms with Gasteiger partial charge in [0.25, 0.3) is 0 Å². The summed E-state index contributed by atoms with van der Waals surface area (Å²) >= 11 is 1.90. The smallest absolute Gasteiger partial charge is 0.0464 e. The maximum Gasteiger partial charge on any atom is 0.0464 e. The normalized spacial score (nSPS) is 12.2. The molecule has 218 valence electrons. The van der Waals surface area contributed by atoms with Gasteiger partial charge in [0, 0.05) is 37.6 Å². The summed E-state index contributed by atoms with van der Waals surface area (Å²) in [5.41, 5.74) is 11.8. The standard InChI is InChI=1S/C44H31NS/c1-4-12-30(13-5-1)43-41-18-10-11-19-42(41)44(46-43)33-21-20-31-24-36-28-37-29-40(23-22-32(37)25-35(36)27-34(31)26-33)45(38-14-6-2-7-15-38)39-16-8-3-9-17-39/h1-24,26-27,29H,25,28H2. The van der Waals surface area contributed by atoms with Gasteiger partial charge in [-0.1, -0.05) is 121 Å². The zero-order valence-electron chi connectivity index (χ0n) is 25.4. The topological polar surface area (TPSA) is 3.24 Å². The second-order valence-corrected chi connectivity index (χ2v) is 13.2. The Balaban J connectivity index is 1.08. The Labute approximate surface area is 273 Å². The predicted molar refractivity (Wildman–Crippen MR) is 197 cm³/mol. The molecule has 0 bridgehead atoms. The van der Waals surface area contributed by atoms with E-state index in [-0.39, 0.29) is 0 Å². The summed E-state index contributed by atoms with van der Waals surface area (Å²) in [5, 5.41) is 5.28. The minimum Gasteiger partial charge on any atom is -0.310 e. The molecule has 0 aliphatic heterocycles. The molecule has 1 heterocycles. The van der Waals surface area contributed by atoms with Gasteiger partial charge in [0.2, 0.25) is 0 Å². The van der Waals surface area contributed by atoms with Crippen molar-refractivity contribution in [1.82, 2.24) is 0 Å². The number of benzene rings is 7. The van der Waals surface area contributed by atoms with Gasteiger partial charge in [-0.25, -0.2) is 0 Å². The minimum absolute atomic E-state index is 0.948. The van der Waals surface area contributed by atoms with Crippen LogP contribution in [0.2, 0.25) is 0 Å². The van der Waals surface area contributed by atoms with Crippen molar-refractivity contribution < 1.29 is 0 Å². The van der Waals surface area contributed by atoms with Crippen LogP contribution in [-0.4, -0.2) is 0 Å². The fraction of sp³-hybridized carbons (Fsp3) is 0.0455. The Morgan fingerprint density at radius 2 is 0.913 bits per heavy atom. The molecule has 0 fully saturated rings. The molecule has 0 saturated carbocycles. The van der Waals surface area contributed by atoms with Crippen molar-refractivity contribution in [3.05, 3.63) is 186 Å². The molecule has 1 aliphatic rings. The largest absolute Gasteiger partial charge is 0.310 e. The Morgan fingerprint density at radius 3 is 1.59 bits per heavy atom. The van der Waals surface area contributed by atoms with E-state index in [9.17, 15) is 0 Å². The Hall–Kier alpha value is -5.44. The number of hydrogen-bond donors (Lipinski definition) is 0. The first-order valence-electron chi connectivity index (χ1n) is 15.9. The van der Waals surface area contributed by atoms with Gasteiger partial charge in [-0.2, -0.15) is 0 Å². The number of fused-ring (bicyclic) bond motifs is 4. The van der Waals surface area contributed by atoms with Gasteiger partial charge in [-0.3, -0.25) is 0 Å². The molecule has 0 amide bonds. The summed E-state index contributed by atoms with van der Waals surface area (Å²) in [6, 6.07) is 59.9. The average Bonchev–Trinajstić information content (AvgIpc) is 3.51. The van der Waals surface area contributed by atoms with Crippen LogP contribution in [0.3, 0.4) is 0 Å². The highest BCUT2D eigenvalue weighted by atomic mass is 32.1. The SMILES string of the molecule is c1ccc(-c2sc(-c3ccc4cc5c(cc4c3)Cc3ccc(N(c4ccccc4)c4ccccc4)cc3C5)c3ccccc23)cc1. The van der Waals surface area contributed by atoms with Crippen molar-refractivity contribution in [2.75, 3.05) is 4.90 Å². The molecule has 0 N–H and O–H groups in total. The summed E-state index contributed by atoms with van der Waals surface area (Å²) in [6.07, 6.45) is 1.91. The fourth-order valence-corrected chi connectivity index (χ4v) is 8.35. The van der Waals surface area contributed by atoms with Crippen molar-refractivity contribution in [2.45, 2.75) is 12.8 Å². The van der Waals surface area contributed by atoms with Gasteiger partial charge in [0.1, 0.15) is 0 Å². The number of rotatable bonds is 5. The lowest BCUT2D eigenvalue weighted by Gasteiger charge is -2.28. The number of anilines is 3. The van der Waals surface area contributed by atoms with E-state index in [1.165, 1.54) is 81.7 Å². The molecule has 8 aromatic rings. The van der Waals surface area contributed by atoms with Crippen LogP contribution in [0, 0.1) is 0 Å². The first-order valence-corrected chi connectivity index (χ1v) is 16.7. The molecular formula is C44H31NS. The number of para-hydroxylation sites is 2. The molecule has 0 radical (unpaired) electrons. The van der Waals surface area contributed by atoms with Crippen molar-refractivity contribution in [2.24, 2.45) is 0 Å². The number of hydrogen-bond acceptors (Lipinski definition) is 2. The molecule has 0 atom stereocenters. The van der Waals surface area contributed by atoms with Crippen molar-refractivity contribution in [1.29, 1.82) is 0 Å². The minimum atomic E-state index is 0.948. The van der Waals surface area contributed by atoms with Crippen LogP contribution < -0.4 is 4.90 Å². The van der Waals surface area contributed by atoms with E-state index in [4.69, 9.17) is 0 Å². The first-order chi connectivity index (χ1) is 22.8.